The number of rotatable bonds is 10. The molecule has 1 aliphatic rings. The Morgan fingerprint density at radius 1 is 1.18 bits per heavy atom. The minimum Gasteiger partial charge on any atom is -0.489 e. The topological polar surface area (TPSA) is 75.8 Å². The number of hydrogen-bond donors (Lipinski definition) is 2. The highest BCUT2D eigenvalue weighted by Crippen LogP contribution is 2.29. The van der Waals surface area contributed by atoms with Crippen molar-refractivity contribution in [2.75, 3.05) is 46.0 Å². The lowest BCUT2D eigenvalue weighted by Gasteiger charge is -2.08. The number of carbonyl (C=O) groups is 1. The summed E-state index contributed by atoms with van der Waals surface area (Å²) in [4.78, 5) is 16.8. The van der Waals surface area contributed by atoms with E-state index in [1.807, 2.05) is 24.4 Å². The number of hydrogen-bond acceptors (Lipinski definition) is 5. The molecule has 1 amide bonds. The number of H-pyrrole nitrogens is 1. The largest absolute Gasteiger partial charge is 0.489 e. The molecule has 0 bridgehead atoms. The Hall–Kier alpha value is -2.13. The normalized spacial score (nSPS) is 15.6. The summed E-state index contributed by atoms with van der Waals surface area (Å²) in [5, 5.41) is 4.28. The molecule has 2 N–H and O–H groups in total. The van der Waals surface area contributed by atoms with E-state index in [1.54, 1.807) is 13.1 Å². The molecule has 2 aromatic rings. The van der Waals surface area contributed by atoms with Crippen molar-refractivity contribution in [2.45, 2.75) is 0 Å². The average molecular weight is 424 g/mol. The molecule has 1 fully saturated rings. The van der Waals surface area contributed by atoms with Gasteiger partial charge in [-0.3, -0.25) is 9.69 Å². The number of carbonyl (C=O) groups excluding carboxylic acids is 1. The van der Waals surface area contributed by atoms with Crippen molar-refractivity contribution in [3.05, 3.63) is 35.7 Å². The monoisotopic (exact) mass is 423 g/mol. The van der Waals surface area contributed by atoms with Gasteiger partial charge in [0.2, 0.25) is 0 Å². The molecule has 9 heteroatoms. The number of aromatic amines is 1. The van der Waals surface area contributed by atoms with Crippen molar-refractivity contribution >= 4 is 51.8 Å². The molecule has 3 rings (SSSR count). The number of ether oxygens (including phenoxy) is 3. The Kier molecular flexibility index (Phi) is 7.27. The predicted octanol–water partition coefficient (Wildman–Crippen LogP) is 2.51. The summed E-state index contributed by atoms with van der Waals surface area (Å²) in [7, 11) is 1.64. The number of nitrogens with one attached hydrogen (secondary N) is 2. The van der Waals surface area contributed by atoms with Gasteiger partial charge in [0, 0.05) is 30.1 Å². The SMILES string of the molecule is CN1C(=O)/C(=C/c2c[nH]c3c(OCCOCCOCCCl)cccc23)NC1=S. The number of thiocarbonyl (C=S) groups is 1. The number of fused-ring (bicyclic) bond motifs is 1. The maximum atomic E-state index is 12.2. The summed E-state index contributed by atoms with van der Waals surface area (Å²) in [6.45, 7) is 2.42. The van der Waals surface area contributed by atoms with Gasteiger partial charge in [-0.1, -0.05) is 12.1 Å². The van der Waals surface area contributed by atoms with Gasteiger partial charge in [-0.2, -0.15) is 0 Å². The number of alkyl halides is 1. The number of para-hydroxylation sites is 1. The maximum Gasteiger partial charge on any atom is 0.276 e. The van der Waals surface area contributed by atoms with E-state index >= 15 is 0 Å². The summed E-state index contributed by atoms with van der Waals surface area (Å²) in [5.74, 6) is 1.05. The summed E-state index contributed by atoms with van der Waals surface area (Å²) < 4.78 is 16.5. The van der Waals surface area contributed by atoms with E-state index < -0.39 is 0 Å². The van der Waals surface area contributed by atoms with Gasteiger partial charge in [0.05, 0.1) is 31.9 Å². The van der Waals surface area contributed by atoms with Gasteiger partial charge in [-0.15, -0.1) is 11.6 Å². The first-order valence-electron chi connectivity index (χ1n) is 8.87. The zero-order chi connectivity index (χ0) is 19.9. The molecule has 2 heterocycles. The van der Waals surface area contributed by atoms with Gasteiger partial charge >= 0.3 is 0 Å². The van der Waals surface area contributed by atoms with Crippen LogP contribution in [0.25, 0.3) is 17.0 Å². The second-order valence-electron chi connectivity index (χ2n) is 6.04. The van der Waals surface area contributed by atoms with E-state index in [9.17, 15) is 4.79 Å². The molecule has 0 aliphatic carbocycles. The van der Waals surface area contributed by atoms with Crippen LogP contribution in [0.2, 0.25) is 0 Å². The zero-order valence-corrected chi connectivity index (χ0v) is 17.1. The number of amides is 1. The lowest BCUT2D eigenvalue weighted by Crippen LogP contribution is -2.25. The molecule has 0 radical (unpaired) electrons. The van der Waals surface area contributed by atoms with Crippen LogP contribution in [0.1, 0.15) is 5.56 Å². The van der Waals surface area contributed by atoms with E-state index in [-0.39, 0.29) is 5.91 Å². The van der Waals surface area contributed by atoms with Crippen LogP contribution in [0.4, 0.5) is 0 Å². The third-order valence-corrected chi connectivity index (χ3v) is 4.70. The van der Waals surface area contributed by atoms with Crippen LogP contribution in [0, 0.1) is 0 Å². The molecule has 0 spiro atoms. The second kappa shape index (κ2) is 9.88. The first-order valence-corrected chi connectivity index (χ1v) is 9.81. The fourth-order valence-corrected chi connectivity index (χ4v) is 3.06. The van der Waals surface area contributed by atoms with E-state index in [0.29, 0.717) is 49.7 Å². The molecule has 0 atom stereocenters. The Morgan fingerprint density at radius 3 is 2.64 bits per heavy atom. The molecular formula is C19H22ClN3O4S. The van der Waals surface area contributed by atoms with Crippen LogP contribution in [0.5, 0.6) is 5.75 Å². The second-order valence-corrected chi connectivity index (χ2v) is 6.80. The molecule has 1 aromatic heterocycles. The van der Waals surface area contributed by atoms with Crippen LogP contribution in [-0.4, -0.2) is 66.9 Å². The minimum absolute atomic E-state index is 0.154. The van der Waals surface area contributed by atoms with Gasteiger partial charge < -0.3 is 24.5 Å². The Morgan fingerprint density at radius 2 is 1.93 bits per heavy atom. The Labute approximate surface area is 173 Å². The van der Waals surface area contributed by atoms with Gasteiger partial charge in [-0.05, 0) is 24.4 Å². The standard InChI is InChI=1S/C19H22ClN3O4S/c1-23-18(24)15(22-19(23)28)11-13-12-21-17-14(13)3-2-4-16(17)27-10-9-26-8-7-25-6-5-20/h2-4,11-12,21H,5-10H2,1H3,(H,22,28)/b15-11-. The molecule has 0 unspecified atom stereocenters. The van der Waals surface area contributed by atoms with Crippen LogP contribution < -0.4 is 10.1 Å². The van der Waals surface area contributed by atoms with Crippen LogP contribution in [0.3, 0.4) is 0 Å². The van der Waals surface area contributed by atoms with Crippen molar-refractivity contribution in [1.29, 1.82) is 0 Å². The van der Waals surface area contributed by atoms with Crippen molar-refractivity contribution in [1.82, 2.24) is 15.2 Å². The summed E-state index contributed by atoms with van der Waals surface area (Å²) >= 11 is 10.6. The van der Waals surface area contributed by atoms with E-state index in [1.165, 1.54) is 4.90 Å². The fraction of sp³-hybridized carbons (Fsp3) is 0.368. The third kappa shape index (κ3) is 4.82. The summed E-state index contributed by atoms with van der Waals surface area (Å²) in [6, 6.07) is 5.77. The molecule has 1 saturated heterocycles. The van der Waals surface area contributed by atoms with Crippen molar-refractivity contribution in [3.63, 3.8) is 0 Å². The van der Waals surface area contributed by atoms with Gasteiger partial charge in [0.15, 0.2) is 5.11 Å². The lowest BCUT2D eigenvalue weighted by molar-refractivity contribution is -0.121. The zero-order valence-electron chi connectivity index (χ0n) is 15.5. The number of benzene rings is 1. The molecule has 7 nitrogen and oxygen atoms in total. The number of aromatic nitrogens is 1. The molecular weight excluding hydrogens is 402 g/mol. The predicted molar refractivity (Wildman–Crippen MR) is 113 cm³/mol. The number of halogens is 1. The average Bonchev–Trinajstić information content (AvgIpc) is 3.21. The fourth-order valence-electron chi connectivity index (χ4n) is 2.75. The van der Waals surface area contributed by atoms with Crippen molar-refractivity contribution < 1.29 is 19.0 Å². The van der Waals surface area contributed by atoms with Gasteiger partial charge in [0.1, 0.15) is 18.1 Å². The van der Waals surface area contributed by atoms with Crippen LogP contribution in [-0.2, 0) is 14.3 Å². The molecule has 1 aliphatic heterocycles. The van der Waals surface area contributed by atoms with Crippen molar-refractivity contribution in [3.8, 4) is 5.75 Å². The van der Waals surface area contributed by atoms with E-state index in [0.717, 1.165) is 22.2 Å². The van der Waals surface area contributed by atoms with Crippen LogP contribution in [0.15, 0.2) is 30.1 Å². The summed E-state index contributed by atoms with van der Waals surface area (Å²) in [5.41, 5.74) is 2.19. The number of nitrogens with zero attached hydrogens (tertiary/aromatic N) is 1. The highest BCUT2D eigenvalue weighted by atomic mass is 35.5. The van der Waals surface area contributed by atoms with Crippen LogP contribution >= 0.6 is 23.8 Å². The minimum atomic E-state index is -0.154. The maximum absolute atomic E-state index is 12.2. The first kappa shape index (κ1) is 20.6. The number of likely N-dealkylation sites (N-methyl/N-ethyl adjacent to an activating group) is 1. The third-order valence-electron chi connectivity index (χ3n) is 4.17. The molecule has 150 valence electrons. The molecule has 28 heavy (non-hydrogen) atoms. The highest BCUT2D eigenvalue weighted by Gasteiger charge is 2.27. The van der Waals surface area contributed by atoms with E-state index in [4.69, 9.17) is 38.0 Å². The first-order chi connectivity index (χ1) is 13.6. The Balaban J connectivity index is 1.60. The summed E-state index contributed by atoms with van der Waals surface area (Å²) in [6.07, 6.45) is 3.62. The lowest BCUT2D eigenvalue weighted by atomic mass is 10.1. The Bertz CT molecular complexity index is 883. The molecule has 0 saturated carbocycles. The quantitative estimate of drug-likeness (QED) is 0.265. The van der Waals surface area contributed by atoms with Gasteiger partial charge in [0.25, 0.3) is 5.91 Å². The highest BCUT2D eigenvalue weighted by molar-refractivity contribution is 7.80. The van der Waals surface area contributed by atoms with Gasteiger partial charge in [-0.25, -0.2) is 0 Å². The van der Waals surface area contributed by atoms with E-state index in [2.05, 4.69) is 10.3 Å². The smallest absolute Gasteiger partial charge is 0.276 e. The molecule has 1 aromatic carbocycles. The van der Waals surface area contributed by atoms with Crippen molar-refractivity contribution in [2.24, 2.45) is 0 Å².